The van der Waals surface area contributed by atoms with E-state index in [1.54, 1.807) is 0 Å². The molecular weight excluding hydrogens is 238 g/mol. The Balaban J connectivity index is 2.58. The van der Waals surface area contributed by atoms with Gasteiger partial charge in [-0.15, -0.1) is 0 Å². The summed E-state index contributed by atoms with van der Waals surface area (Å²) in [5.41, 5.74) is 7.84. The van der Waals surface area contributed by atoms with E-state index in [4.69, 9.17) is 5.73 Å². The van der Waals surface area contributed by atoms with Gasteiger partial charge in [-0.2, -0.15) is 0 Å². The summed E-state index contributed by atoms with van der Waals surface area (Å²) in [6.45, 7) is 2.95. The summed E-state index contributed by atoms with van der Waals surface area (Å²) in [4.78, 5) is 14.0. The first-order valence-corrected chi connectivity index (χ1v) is 6.83. The Hall–Kier alpha value is -1.39. The number of carbonyl (C=O) groups excluding carboxylic acids is 1. The molecule has 0 saturated heterocycles. The smallest absolute Gasteiger partial charge is 0.241 e. The van der Waals surface area contributed by atoms with E-state index in [2.05, 4.69) is 17.1 Å². The SMILES string of the molecule is CCCC[C@H](N)C(=O)Nc1cccc(CN(C)C)c1. The highest BCUT2D eigenvalue weighted by Crippen LogP contribution is 2.12. The van der Waals surface area contributed by atoms with Crippen LogP contribution < -0.4 is 11.1 Å². The van der Waals surface area contributed by atoms with Crippen LogP contribution in [0, 0.1) is 0 Å². The predicted octanol–water partition coefficient (Wildman–Crippen LogP) is 2.20. The largest absolute Gasteiger partial charge is 0.325 e. The Morgan fingerprint density at radius 3 is 2.79 bits per heavy atom. The van der Waals surface area contributed by atoms with Crippen LogP contribution in [-0.4, -0.2) is 30.9 Å². The molecule has 1 rings (SSSR count). The molecular formula is C15H25N3O. The summed E-state index contributed by atoms with van der Waals surface area (Å²) >= 11 is 0. The minimum Gasteiger partial charge on any atom is -0.325 e. The number of hydrogen-bond acceptors (Lipinski definition) is 3. The lowest BCUT2D eigenvalue weighted by Gasteiger charge is -2.14. The van der Waals surface area contributed by atoms with Gasteiger partial charge in [0.15, 0.2) is 0 Å². The lowest BCUT2D eigenvalue weighted by Crippen LogP contribution is -2.35. The summed E-state index contributed by atoms with van der Waals surface area (Å²) in [5, 5.41) is 2.88. The second kappa shape index (κ2) is 7.92. The summed E-state index contributed by atoms with van der Waals surface area (Å²) in [7, 11) is 4.04. The average Bonchev–Trinajstić information content (AvgIpc) is 2.35. The van der Waals surface area contributed by atoms with Crippen molar-refractivity contribution in [3.05, 3.63) is 29.8 Å². The van der Waals surface area contributed by atoms with E-state index in [1.807, 2.05) is 38.4 Å². The number of hydrogen-bond donors (Lipinski definition) is 2. The Morgan fingerprint density at radius 2 is 2.16 bits per heavy atom. The predicted molar refractivity (Wildman–Crippen MR) is 80.0 cm³/mol. The number of benzene rings is 1. The topological polar surface area (TPSA) is 58.4 Å². The van der Waals surface area contributed by atoms with Crippen molar-refractivity contribution in [3.8, 4) is 0 Å². The van der Waals surface area contributed by atoms with Gasteiger partial charge >= 0.3 is 0 Å². The molecule has 0 spiro atoms. The minimum absolute atomic E-state index is 0.101. The average molecular weight is 263 g/mol. The molecule has 3 N–H and O–H groups in total. The van der Waals surface area contributed by atoms with Gasteiger partial charge in [0.25, 0.3) is 0 Å². The number of amides is 1. The van der Waals surface area contributed by atoms with Crippen LogP contribution in [0.2, 0.25) is 0 Å². The third-order valence-electron chi connectivity index (χ3n) is 2.90. The second-order valence-electron chi connectivity index (χ2n) is 5.18. The molecule has 4 heteroatoms. The van der Waals surface area contributed by atoms with Crippen LogP contribution in [0.15, 0.2) is 24.3 Å². The molecule has 0 unspecified atom stereocenters. The maximum Gasteiger partial charge on any atom is 0.241 e. The maximum atomic E-state index is 11.9. The molecule has 0 radical (unpaired) electrons. The molecule has 0 aliphatic rings. The number of rotatable bonds is 7. The van der Waals surface area contributed by atoms with Crippen LogP contribution in [0.5, 0.6) is 0 Å². The van der Waals surface area contributed by atoms with Crippen molar-refractivity contribution in [3.63, 3.8) is 0 Å². The third-order valence-corrected chi connectivity index (χ3v) is 2.90. The maximum absolute atomic E-state index is 11.9. The van der Waals surface area contributed by atoms with Gasteiger partial charge in [-0.3, -0.25) is 4.79 Å². The van der Waals surface area contributed by atoms with E-state index in [0.717, 1.165) is 31.5 Å². The van der Waals surface area contributed by atoms with Crippen molar-refractivity contribution in [2.45, 2.75) is 38.8 Å². The summed E-state index contributed by atoms with van der Waals surface area (Å²) in [6, 6.07) is 7.46. The molecule has 19 heavy (non-hydrogen) atoms. The molecule has 0 aliphatic heterocycles. The van der Waals surface area contributed by atoms with E-state index >= 15 is 0 Å². The number of nitrogens with one attached hydrogen (secondary N) is 1. The van der Waals surface area contributed by atoms with E-state index in [0.29, 0.717) is 0 Å². The number of carbonyl (C=O) groups is 1. The van der Waals surface area contributed by atoms with Crippen LogP contribution in [0.25, 0.3) is 0 Å². The van der Waals surface area contributed by atoms with Crippen LogP contribution >= 0.6 is 0 Å². The first kappa shape index (κ1) is 15.7. The molecule has 1 aromatic carbocycles. The Morgan fingerprint density at radius 1 is 1.42 bits per heavy atom. The molecule has 1 amide bonds. The highest BCUT2D eigenvalue weighted by atomic mass is 16.2. The van der Waals surface area contributed by atoms with E-state index in [1.165, 1.54) is 5.56 Å². The molecule has 0 aromatic heterocycles. The van der Waals surface area contributed by atoms with E-state index in [9.17, 15) is 4.79 Å². The summed E-state index contributed by atoms with van der Waals surface area (Å²) < 4.78 is 0. The van der Waals surface area contributed by atoms with Crippen molar-refractivity contribution in [1.82, 2.24) is 4.90 Å². The lowest BCUT2D eigenvalue weighted by molar-refractivity contribution is -0.117. The van der Waals surface area contributed by atoms with Crippen molar-refractivity contribution in [2.75, 3.05) is 19.4 Å². The standard InChI is InChI=1S/C15H25N3O/c1-4-5-9-14(16)15(19)17-13-8-6-7-12(10-13)11-18(2)3/h6-8,10,14H,4-5,9,11,16H2,1-3H3,(H,17,19)/t14-/m0/s1. The quantitative estimate of drug-likeness (QED) is 0.793. The van der Waals surface area contributed by atoms with Crippen LogP contribution in [0.1, 0.15) is 31.7 Å². The Labute approximate surface area is 116 Å². The van der Waals surface area contributed by atoms with Crippen molar-refractivity contribution < 1.29 is 4.79 Å². The highest BCUT2D eigenvalue weighted by molar-refractivity contribution is 5.94. The molecule has 106 valence electrons. The summed E-state index contributed by atoms with van der Waals surface area (Å²) in [5.74, 6) is -0.101. The molecule has 0 fully saturated rings. The molecule has 1 atom stereocenters. The second-order valence-corrected chi connectivity index (χ2v) is 5.18. The third kappa shape index (κ3) is 5.85. The molecule has 0 aliphatic carbocycles. The molecule has 1 aromatic rings. The first-order valence-electron chi connectivity index (χ1n) is 6.83. The zero-order valence-corrected chi connectivity index (χ0v) is 12.1. The first-order chi connectivity index (χ1) is 9.02. The Kier molecular flexibility index (Phi) is 6.53. The van der Waals surface area contributed by atoms with Crippen LogP contribution in [0.4, 0.5) is 5.69 Å². The minimum atomic E-state index is -0.419. The van der Waals surface area contributed by atoms with Gasteiger partial charge in [-0.25, -0.2) is 0 Å². The number of anilines is 1. The molecule has 0 bridgehead atoms. The zero-order valence-electron chi connectivity index (χ0n) is 12.1. The van der Waals surface area contributed by atoms with Crippen molar-refractivity contribution >= 4 is 11.6 Å². The van der Waals surface area contributed by atoms with E-state index in [-0.39, 0.29) is 5.91 Å². The fraction of sp³-hybridized carbons (Fsp3) is 0.533. The zero-order chi connectivity index (χ0) is 14.3. The molecule has 0 saturated carbocycles. The monoisotopic (exact) mass is 263 g/mol. The van der Waals surface area contributed by atoms with Gasteiger partial charge in [0, 0.05) is 12.2 Å². The normalized spacial score (nSPS) is 12.5. The van der Waals surface area contributed by atoms with Crippen LogP contribution in [-0.2, 0) is 11.3 Å². The van der Waals surface area contributed by atoms with Gasteiger partial charge < -0.3 is 16.0 Å². The Bertz CT molecular complexity index is 404. The van der Waals surface area contributed by atoms with Gasteiger partial charge in [0.05, 0.1) is 6.04 Å². The fourth-order valence-electron chi connectivity index (χ4n) is 1.90. The van der Waals surface area contributed by atoms with Gasteiger partial charge in [0.1, 0.15) is 0 Å². The number of unbranched alkanes of at least 4 members (excludes halogenated alkanes) is 1. The van der Waals surface area contributed by atoms with Crippen molar-refractivity contribution in [2.24, 2.45) is 5.73 Å². The van der Waals surface area contributed by atoms with Gasteiger partial charge in [-0.1, -0.05) is 31.9 Å². The highest BCUT2D eigenvalue weighted by Gasteiger charge is 2.12. The molecule has 0 heterocycles. The van der Waals surface area contributed by atoms with Crippen molar-refractivity contribution in [1.29, 1.82) is 0 Å². The van der Waals surface area contributed by atoms with E-state index < -0.39 is 6.04 Å². The van der Waals surface area contributed by atoms with Gasteiger partial charge in [0.2, 0.25) is 5.91 Å². The van der Waals surface area contributed by atoms with Gasteiger partial charge in [-0.05, 0) is 38.2 Å². The molecule has 4 nitrogen and oxygen atoms in total. The fourth-order valence-corrected chi connectivity index (χ4v) is 1.90. The number of nitrogens with zero attached hydrogens (tertiary/aromatic N) is 1. The van der Waals surface area contributed by atoms with Crippen LogP contribution in [0.3, 0.4) is 0 Å². The summed E-state index contributed by atoms with van der Waals surface area (Å²) in [6.07, 6.45) is 2.77. The lowest BCUT2D eigenvalue weighted by atomic mass is 10.1. The number of nitrogens with two attached hydrogens (primary N) is 1.